The molecule has 0 N–H and O–H groups in total. The third kappa shape index (κ3) is 5.43. The lowest BCUT2D eigenvalue weighted by Crippen LogP contribution is -2.11. The molecule has 0 amide bonds. The van der Waals surface area contributed by atoms with Gasteiger partial charge < -0.3 is 4.85 Å². The Morgan fingerprint density at radius 1 is 0.857 bits per heavy atom. The van der Waals surface area contributed by atoms with E-state index in [2.05, 4.69) is 77.9 Å². The molecule has 3 heterocycles. The fourth-order valence-corrected chi connectivity index (χ4v) is 2.31. The summed E-state index contributed by atoms with van der Waals surface area (Å²) in [4.78, 5) is 11.6. The molecule has 0 aliphatic heterocycles. The minimum absolute atomic E-state index is 0.115. The standard InChI is InChI=1S/C11H15N5.C10H12N2/c1-11(2,3)8-5-6-9(12-7-8)10-13-14-15-16(10)4;1-10(2,3)8-5-6-9(11-4)12-7-8/h5-7H,1-4H3;5-7H,1-3H3. The quantitative estimate of drug-likeness (QED) is 0.584. The van der Waals surface area contributed by atoms with Crippen LogP contribution >= 0.6 is 0 Å². The highest BCUT2D eigenvalue weighted by atomic mass is 15.5. The van der Waals surface area contributed by atoms with Crippen molar-refractivity contribution in [3.05, 3.63) is 59.2 Å². The second-order valence-electron chi connectivity index (χ2n) is 8.58. The van der Waals surface area contributed by atoms with Gasteiger partial charge in [0.25, 0.3) is 5.82 Å². The number of hydrogen-bond acceptors (Lipinski definition) is 5. The third-order valence-corrected chi connectivity index (χ3v) is 4.21. The predicted octanol–water partition coefficient (Wildman–Crippen LogP) is 4.50. The van der Waals surface area contributed by atoms with Gasteiger partial charge in [-0.15, -0.1) is 10.1 Å². The van der Waals surface area contributed by atoms with Gasteiger partial charge in [-0.2, -0.15) is 0 Å². The lowest BCUT2D eigenvalue weighted by atomic mass is 9.88. The van der Waals surface area contributed by atoms with Crippen LogP contribution < -0.4 is 0 Å². The highest BCUT2D eigenvalue weighted by molar-refractivity contribution is 5.48. The maximum Gasteiger partial charge on any atom is 0.269 e. The number of pyridine rings is 2. The van der Waals surface area contributed by atoms with Crippen LogP contribution in [0.25, 0.3) is 16.4 Å². The first-order valence-electron chi connectivity index (χ1n) is 9.05. The Morgan fingerprint density at radius 2 is 1.43 bits per heavy atom. The maximum absolute atomic E-state index is 6.73. The number of aromatic nitrogens is 6. The molecule has 0 aromatic carbocycles. The van der Waals surface area contributed by atoms with Crippen molar-refractivity contribution < 1.29 is 0 Å². The van der Waals surface area contributed by atoms with E-state index in [1.165, 1.54) is 5.56 Å². The minimum Gasteiger partial charge on any atom is -0.361 e. The van der Waals surface area contributed by atoms with Gasteiger partial charge in [0, 0.05) is 13.2 Å². The van der Waals surface area contributed by atoms with Crippen LogP contribution in [-0.2, 0) is 17.9 Å². The van der Waals surface area contributed by atoms with Gasteiger partial charge in [-0.25, -0.2) is 4.68 Å². The van der Waals surface area contributed by atoms with Crippen molar-refractivity contribution in [1.29, 1.82) is 0 Å². The molecule has 0 atom stereocenters. The smallest absolute Gasteiger partial charge is 0.269 e. The van der Waals surface area contributed by atoms with Gasteiger partial charge >= 0.3 is 0 Å². The van der Waals surface area contributed by atoms with E-state index in [9.17, 15) is 0 Å². The fourth-order valence-electron chi connectivity index (χ4n) is 2.31. The Hall–Kier alpha value is -3.14. The maximum atomic E-state index is 6.73. The lowest BCUT2D eigenvalue weighted by molar-refractivity contribution is 0.587. The number of rotatable bonds is 1. The topological polar surface area (TPSA) is 73.7 Å². The van der Waals surface area contributed by atoms with Crippen LogP contribution in [0, 0.1) is 6.57 Å². The third-order valence-electron chi connectivity index (χ3n) is 4.21. The van der Waals surface area contributed by atoms with E-state index in [1.807, 2.05) is 18.3 Å². The van der Waals surface area contributed by atoms with Gasteiger partial charge in [0.05, 0.1) is 0 Å². The molecule has 0 spiro atoms. The van der Waals surface area contributed by atoms with Crippen LogP contribution in [-0.4, -0.2) is 30.2 Å². The van der Waals surface area contributed by atoms with E-state index < -0.39 is 0 Å². The molecule has 0 aliphatic carbocycles. The second-order valence-corrected chi connectivity index (χ2v) is 8.58. The van der Waals surface area contributed by atoms with Crippen LogP contribution in [0.1, 0.15) is 52.7 Å². The number of aryl methyl sites for hydroxylation is 1. The lowest BCUT2D eigenvalue weighted by Gasteiger charge is -2.18. The summed E-state index contributed by atoms with van der Waals surface area (Å²) >= 11 is 0. The molecule has 28 heavy (non-hydrogen) atoms. The Labute approximate surface area is 166 Å². The van der Waals surface area contributed by atoms with Crippen molar-refractivity contribution in [3.63, 3.8) is 0 Å². The van der Waals surface area contributed by atoms with E-state index in [0.717, 1.165) is 11.3 Å². The van der Waals surface area contributed by atoms with Gasteiger partial charge in [-0.05, 0) is 44.5 Å². The molecular weight excluding hydrogens is 350 g/mol. The summed E-state index contributed by atoms with van der Waals surface area (Å²) in [7, 11) is 1.80. The molecule has 0 saturated heterocycles. The number of tetrazole rings is 1. The average molecular weight is 377 g/mol. The summed E-state index contributed by atoms with van der Waals surface area (Å²) in [6.45, 7) is 19.6. The molecule has 146 valence electrons. The normalized spacial score (nSPS) is 11.4. The van der Waals surface area contributed by atoms with Crippen LogP contribution in [0.4, 0.5) is 5.82 Å². The molecule has 0 radical (unpaired) electrons. The predicted molar refractivity (Wildman–Crippen MR) is 110 cm³/mol. The Bertz CT molecular complexity index is 935. The first kappa shape index (κ1) is 21.2. The summed E-state index contributed by atoms with van der Waals surface area (Å²) < 4.78 is 1.61. The summed E-state index contributed by atoms with van der Waals surface area (Å²) in [5.41, 5.74) is 3.39. The van der Waals surface area contributed by atoms with Crippen LogP contribution in [0.3, 0.4) is 0 Å². The summed E-state index contributed by atoms with van der Waals surface area (Å²) in [5, 5.41) is 11.3. The first-order chi connectivity index (χ1) is 13.0. The molecule has 3 aromatic rings. The highest BCUT2D eigenvalue weighted by Crippen LogP contribution is 2.23. The van der Waals surface area contributed by atoms with E-state index in [4.69, 9.17) is 6.57 Å². The fraction of sp³-hybridized carbons (Fsp3) is 0.429. The van der Waals surface area contributed by atoms with Gasteiger partial charge in [0.2, 0.25) is 0 Å². The van der Waals surface area contributed by atoms with Crippen LogP contribution in [0.2, 0.25) is 0 Å². The molecule has 0 saturated carbocycles. The second kappa shape index (κ2) is 8.26. The monoisotopic (exact) mass is 377 g/mol. The number of nitrogens with zero attached hydrogens (tertiary/aromatic N) is 7. The molecule has 7 heteroatoms. The van der Waals surface area contributed by atoms with Crippen molar-refractivity contribution in [2.45, 2.75) is 52.4 Å². The molecule has 0 unspecified atom stereocenters. The summed E-state index contributed by atoms with van der Waals surface area (Å²) in [6.07, 6.45) is 3.65. The average Bonchev–Trinajstić information content (AvgIpc) is 3.07. The molecule has 0 aliphatic rings. The van der Waals surface area contributed by atoms with Crippen LogP contribution in [0.15, 0.2) is 36.7 Å². The highest BCUT2D eigenvalue weighted by Gasteiger charge is 2.15. The number of hydrogen-bond donors (Lipinski definition) is 0. The largest absolute Gasteiger partial charge is 0.361 e. The zero-order chi connectivity index (χ0) is 20.9. The van der Waals surface area contributed by atoms with Gasteiger partial charge in [0.15, 0.2) is 5.82 Å². The zero-order valence-corrected chi connectivity index (χ0v) is 17.6. The Kier molecular flexibility index (Phi) is 6.24. The van der Waals surface area contributed by atoms with Crippen molar-refractivity contribution in [2.24, 2.45) is 7.05 Å². The van der Waals surface area contributed by atoms with E-state index in [0.29, 0.717) is 11.6 Å². The Morgan fingerprint density at radius 3 is 1.79 bits per heavy atom. The summed E-state index contributed by atoms with van der Waals surface area (Å²) in [5.74, 6) is 1.14. The minimum atomic E-state index is 0.115. The van der Waals surface area contributed by atoms with Crippen LogP contribution in [0.5, 0.6) is 0 Å². The van der Waals surface area contributed by atoms with Crippen molar-refractivity contribution >= 4 is 5.82 Å². The van der Waals surface area contributed by atoms with Crippen molar-refractivity contribution in [1.82, 2.24) is 30.2 Å². The van der Waals surface area contributed by atoms with Gasteiger partial charge in [0.1, 0.15) is 11.9 Å². The molecule has 3 rings (SSSR count). The van der Waals surface area contributed by atoms with Crippen molar-refractivity contribution in [3.8, 4) is 11.5 Å². The molecule has 7 nitrogen and oxygen atoms in total. The SMILES string of the molecule is Cn1nnnc1-c1ccc(C(C)(C)C)cn1.[C-]#[N+]c1ccc(C(C)(C)C)cn1. The Balaban J connectivity index is 0.000000209. The van der Waals surface area contributed by atoms with E-state index >= 15 is 0 Å². The van der Waals surface area contributed by atoms with E-state index in [-0.39, 0.29) is 10.8 Å². The zero-order valence-electron chi connectivity index (χ0n) is 17.6. The van der Waals surface area contributed by atoms with E-state index in [1.54, 1.807) is 24.0 Å². The van der Waals surface area contributed by atoms with Gasteiger partial charge in [-0.3, -0.25) is 4.98 Å². The first-order valence-corrected chi connectivity index (χ1v) is 9.05. The van der Waals surface area contributed by atoms with Crippen molar-refractivity contribution in [2.75, 3.05) is 0 Å². The molecule has 0 bridgehead atoms. The molecule has 0 fully saturated rings. The summed E-state index contributed by atoms with van der Waals surface area (Å²) in [6, 6.07) is 7.73. The molecule has 3 aromatic heterocycles. The molecular formula is C21H27N7. The van der Waals surface area contributed by atoms with Gasteiger partial charge in [-0.1, -0.05) is 60.2 Å².